The predicted molar refractivity (Wildman–Crippen MR) is 96.7 cm³/mol. The molecule has 0 radical (unpaired) electrons. The number of hydrogen-bond acceptors (Lipinski definition) is 4. The number of ether oxygens (including phenoxy) is 1. The molecule has 0 saturated carbocycles. The zero-order valence-electron chi connectivity index (χ0n) is 14.5. The third-order valence-electron chi connectivity index (χ3n) is 4.25. The van der Waals surface area contributed by atoms with Gasteiger partial charge in [-0.2, -0.15) is 0 Å². The van der Waals surface area contributed by atoms with Crippen LogP contribution in [-0.2, 0) is 27.3 Å². The molecular formula is C20H20N2O4. The lowest BCUT2D eigenvalue weighted by Crippen LogP contribution is -2.33. The van der Waals surface area contributed by atoms with Crippen LogP contribution in [0.15, 0.2) is 48.5 Å². The van der Waals surface area contributed by atoms with E-state index in [1.54, 1.807) is 29.2 Å². The van der Waals surface area contributed by atoms with Crippen molar-refractivity contribution in [2.45, 2.75) is 19.9 Å². The fourth-order valence-corrected chi connectivity index (χ4v) is 2.87. The largest absolute Gasteiger partial charge is 0.452 e. The second-order valence-electron chi connectivity index (χ2n) is 6.11. The second kappa shape index (κ2) is 7.82. The molecule has 6 nitrogen and oxygen atoms in total. The van der Waals surface area contributed by atoms with Gasteiger partial charge in [0.05, 0.1) is 5.56 Å². The van der Waals surface area contributed by atoms with Crippen LogP contribution >= 0.6 is 0 Å². The molecule has 0 bridgehead atoms. The number of fused-ring (bicyclic) bond motifs is 1. The van der Waals surface area contributed by atoms with Gasteiger partial charge in [-0.05, 0) is 35.7 Å². The summed E-state index contributed by atoms with van der Waals surface area (Å²) < 4.78 is 5.16. The Morgan fingerprint density at radius 3 is 2.54 bits per heavy atom. The Morgan fingerprint density at radius 1 is 1.08 bits per heavy atom. The topological polar surface area (TPSA) is 75.7 Å². The molecule has 134 valence electrons. The van der Waals surface area contributed by atoms with Gasteiger partial charge in [0, 0.05) is 25.7 Å². The highest BCUT2D eigenvalue weighted by atomic mass is 16.5. The molecule has 3 rings (SSSR count). The zero-order chi connectivity index (χ0) is 18.5. The van der Waals surface area contributed by atoms with Crippen molar-refractivity contribution in [3.63, 3.8) is 0 Å². The van der Waals surface area contributed by atoms with Crippen molar-refractivity contribution in [2.75, 3.05) is 18.1 Å². The monoisotopic (exact) mass is 352 g/mol. The number of benzene rings is 2. The minimum Gasteiger partial charge on any atom is -0.452 e. The summed E-state index contributed by atoms with van der Waals surface area (Å²) in [5, 5.41) is 2.68. The third-order valence-corrected chi connectivity index (χ3v) is 4.25. The fraction of sp³-hybridized carbons (Fsp3) is 0.250. The van der Waals surface area contributed by atoms with Gasteiger partial charge in [0.2, 0.25) is 5.91 Å². The van der Waals surface area contributed by atoms with Crippen molar-refractivity contribution >= 4 is 23.5 Å². The highest BCUT2D eigenvalue weighted by Gasteiger charge is 2.24. The van der Waals surface area contributed by atoms with E-state index < -0.39 is 5.97 Å². The molecule has 26 heavy (non-hydrogen) atoms. The van der Waals surface area contributed by atoms with Crippen LogP contribution in [0.3, 0.4) is 0 Å². The first-order valence-corrected chi connectivity index (χ1v) is 8.43. The van der Waals surface area contributed by atoms with E-state index >= 15 is 0 Å². The van der Waals surface area contributed by atoms with E-state index in [-0.39, 0.29) is 18.4 Å². The van der Waals surface area contributed by atoms with Crippen LogP contribution in [0.1, 0.15) is 28.4 Å². The SMILES string of the molecule is CC(=O)NCc1ccc(C(=O)OCC(=O)N2CCc3ccccc32)cc1. The molecular weight excluding hydrogens is 332 g/mol. The molecule has 0 aromatic heterocycles. The number of esters is 1. The number of rotatable bonds is 5. The number of carbonyl (C=O) groups excluding carboxylic acids is 3. The molecule has 6 heteroatoms. The van der Waals surface area contributed by atoms with Gasteiger partial charge in [-0.15, -0.1) is 0 Å². The number of nitrogens with one attached hydrogen (secondary N) is 1. The lowest BCUT2D eigenvalue weighted by atomic mass is 10.1. The summed E-state index contributed by atoms with van der Waals surface area (Å²) in [5.41, 5.74) is 3.26. The number of anilines is 1. The Kier molecular flexibility index (Phi) is 5.31. The Labute approximate surface area is 151 Å². The van der Waals surface area contributed by atoms with Crippen LogP contribution in [0.4, 0.5) is 5.69 Å². The molecule has 2 aromatic carbocycles. The van der Waals surface area contributed by atoms with Crippen molar-refractivity contribution in [1.82, 2.24) is 5.32 Å². The maximum absolute atomic E-state index is 12.4. The molecule has 0 unspecified atom stereocenters. The Bertz CT molecular complexity index is 830. The van der Waals surface area contributed by atoms with Gasteiger partial charge in [0.25, 0.3) is 5.91 Å². The molecule has 0 saturated heterocycles. The number of hydrogen-bond donors (Lipinski definition) is 1. The summed E-state index contributed by atoms with van der Waals surface area (Å²) in [6, 6.07) is 14.5. The summed E-state index contributed by atoms with van der Waals surface area (Å²) in [7, 11) is 0. The molecule has 1 heterocycles. The second-order valence-corrected chi connectivity index (χ2v) is 6.11. The van der Waals surface area contributed by atoms with Gasteiger partial charge in [0.15, 0.2) is 6.61 Å². The molecule has 0 aliphatic carbocycles. The molecule has 1 aliphatic heterocycles. The van der Waals surface area contributed by atoms with Crippen molar-refractivity contribution < 1.29 is 19.1 Å². The molecule has 0 atom stereocenters. The highest BCUT2D eigenvalue weighted by Crippen LogP contribution is 2.27. The first-order valence-electron chi connectivity index (χ1n) is 8.43. The quantitative estimate of drug-likeness (QED) is 0.836. The molecule has 0 spiro atoms. The minimum atomic E-state index is -0.545. The van der Waals surface area contributed by atoms with E-state index in [4.69, 9.17) is 4.74 Å². The number of carbonyl (C=O) groups is 3. The van der Waals surface area contributed by atoms with Gasteiger partial charge >= 0.3 is 5.97 Å². The fourth-order valence-electron chi connectivity index (χ4n) is 2.87. The van der Waals surface area contributed by atoms with E-state index in [0.717, 1.165) is 23.2 Å². The number of para-hydroxylation sites is 1. The Morgan fingerprint density at radius 2 is 1.81 bits per heavy atom. The van der Waals surface area contributed by atoms with Gasteiger partial charge in [-0.25, -0.2) is 4.79 Å². The standard InChI is InChI=1S/C20H20N2O4/c1-14(23)21-12-15-6-8-17(9-7-15)20(25)26-13-19(24)22-11-10-16-4-2-3-5-18(16)22/h2-9H,10-13H2,1H3,(H,21,23). The molecule has 1 aliphatic rings. The lowest BCUT2D eigenvalue weighted by molar-refractivity contribution is -0.121. The van der Waals surface area contributed by atoms with Crippen molar-refractivity contribution in [3.8, 4) is 0 Å². The smallest absolute Gasteiger partial charge is 0.338 e. The first kappa shape index (κ1) is 17.7. The van der Waals surface area contributed by atoms with Gasteiger partial charge in [0.1, 0.15) is 0 Å². The van der Waals surface area contributed by atoms with E-state index in [0.29, 0.717) is 18.7 Å². The average molecular weight is 352 g/mol. The van der Waals surface area contributed by atoms with Crippen LogP contribution in [0.5, 0.6) is 0 Å². The van der Waals surface area contributed by atoms with Crippen molar-refractivity contribution in [3.05, 3.63) is 65.2 Å². The summed E-state index contributed by atoms with van der Waals surface area (Å²) in [5.74, 6) is -0.891. The summed E-state index contributed by atoms with van der Waals surface area (Å²) in [6.45, 7) is 2.16. The summed E-state index contributed by atoms with van der Waals surface area (Å²) >= 11 is 0. The number of nitrogens with zero attached hydrogens (tertiary/aromatic N) is 1. The average Bonchev–Trinajstić information content (AvgIpc) is 3.09. The lowest BCUT2D eigenvalue weighted by Gasteiger charge is -2.17. The zero-order valence-corrected chi connectivity index (χ0v) is 14.5. The molecule has 2 amide bonds. The van der Waals surface area contributed by atoms with Gasteiger partial charge in [-0.1, -0.05) is 30.3 Å². The van der Waals surface area contributed by atoms with Crippen LogP contribution in [0.2, 0.25) is 0 Å². The van der Waals surface area contributed by atoms with Gasteiger partial charge in [-0.3, -0.25) is 9.59 Å². The van der Waals surface area contributed by atoms with Crippen LogP contribution in [0, 0.1) is 0 Å². The van der Waals surface area contributed by atoms with Gasteiger partial charge < -0.3 is 15.0 Å². The van der Waals surface area contributed by atoms with Crippen LogP contribution in [0.25, 0.3) is 0 Å². The molecule has 1 N–H and O–H groups in total. The van der Waals surface area contributed by atoms with E-state index in [1.807, 2.05) is 24.3 Å². The molecule has 0 fully saturated rings. The number of amides is 2. The molecule has 2 aromatic rings. The maximum atomic E-state index is 12.4. The van der Waals surface area contributed by atoms with E-state index in [9.17, 15) is 14.4 Å². The maximum Gasteiger partial charge on any atom is 0.338 e. The Balaban J connectivity index is 1.54. The summed E-state index contributed by atoms with van der Waals surface area (Å²) in [4.78, 5) is 37.0. The third kappa shape index (κ3) is 4.08. The highest BCUT2D eigenvalue weighted by molar-refractivity contribution is 5.98. The van der Waals surface area contributed by atoms with Crippen molar-refractivity contribution in [2.24, 2.45) is 0 Å². The van der Waals surface area contributed by atoms with Crippen LogP contribution in [-0.4, -0.2) is 30.9 Å². The normalized spacial score (nSPS) is 12.4. The first-order chi connectivity index (χ1) is 12.5. The summed E-state index contributed by atoms with van der Waals surface area (Å²) in [6.07, 6.45) is 0.811. The van der Waals surface area contributed by atoms with Crippen molar-refractivity contribution in [1.29, 1.82) is 0 Å². The predicted octanol–water partition coefficient (Wildman–Crippen LogP) is 2.07. The van der Waals surface area contributed by atoms with E-state index in [1.165, 1.54) is 6.92 Å². The van der Waals surface area contributed by atoms with E-state index in [2.05, 4.69) is 5.32 Å². The Hall–Kier alpha value is -3.15. The van der Waals surface area contributed by atoms with Crippen LogP contribution < -0.4 is 10.2 Å². The minimum absolute atomic E-state index is 0.115.